The lowest BCUT2D eigenvalue weighted by Crippen LogP contribution is -2.49. The van der Waals surface area contributed by atoms with Crippen molar-refractivity contribution in [3.63, 3.8) is 0 Å². The Kier molecular flexibility index (Phi) is 5.18. The number of rotatable bonds is 5. The maximum atomic E-state index is 12.8. The largest absolute Gasteiger partial charge is 0.383 e. The van der Waals surface area contributed by atoms with Crippen LogP contribution in [0.5, 0.6) is 0 Å². The second-order valence-corrected chi connectivity index (χ2v) is 7.75. The van der Waals surface area contributed by atoms with Gasteiger partial charge >= 0.3 is 0 Å². The number of hydrogen-bond donors (Lipinski definition) is 2. The van der Waals surface area contributed by atoms with E-state index in [-0.39, 0.29) is 12.1 Å². The zero-order chi connectivity index (χ0) is 17.3. The second kappa shape index (κ2) is 7.17. The molecule has 1 aliphatic rings. The third-order valence-electron chi connectivity index (χ3n) is 4.64. The van der Waals surface area contributed by atoms with E-state index in [1.54, 1.807) is 4.90 Å². The quantitative estimate of drug-likeness (QED) is 0.871. The number of nitrogens with zero attached hydrogens (tertiary/aromatic N) is 2. The first kappa shape index (κ1) is 17.3. The van der Waals surface area contributed by atoms with E-state index in [4.69, 9.17) is 0 Å². The van der Waals surface area contributed by atoms with Gasteiger partial charge in [-0.2, -0.15) is 0 Å². The van der Waals surface area contributed by atoms with Crippen molar-refractivity contribution in [1.82, 2.24) is 9.88 Å². The van der Waals surface area contributed by atoms with Crippen LogP contribution in [-0.2, 0) is 4.79 Å². The summed E-state index contributed by atoms with van der Waals surface area (Å²) in [5, 5.41) is 21.3. The molecule has 5 nitrogen and oxygen atoms in total. The number of para-hydroxylation sites is 1. The predicted molar refractivity (Wildman–Crippen MR) is 94.8 cm³/mol. The number of hydrogen-bond acceptors (Lipinski definition) is 5. The van der Waals surface area contributed by atoms with Crippen molar-refractivity contribution in [1.29, 1.82) is 0 Å². The Labute approximate surface area is 145 Å². The fourth-order valence-electron chi connectivity index (χ4n) is 3.48. The molecule has 0 spiro atoms. The lowest BCUT2D eigenvalue weighted by atomic mass is 10.1. The molecule has 0 bridgehead atoms. The summed E-state index contributed by atoms with van der Waals surface area (Å²) >= 11 is 1.31. The van der Waals surface area contributed by atoms with Crippen LogP contribution in [0.1, 0.15) is 50.6 Å². The molecule has 1 aromatic carbocycles. The van der Waals surface area contributed by atoms with Gasteiger partial charge in [-0.05, 0) is 38.8 Å². The number of aromatic nitrogens is 1. The average Bonchev–Trinajstić information content (AvgIpc) is 3.22. The highest BCUT2D eigenvalue weighted by molar-refractivity contribution is 7.18. The fraction of sp³-hybridized carbons (Fsp3) is 0.556. The summed E-state index contributed by atoms with van der Waals surface area (Å²) in [7, 11) is 0. The van der Waals surface area contributed by atoms with Crippen molar-refractivity contribution in [2.75, 3.05) is 0 Å². The van der Waals surface area contributed by atoms with Crippen molar-refractivity contribution in [3.05, 3.63) is 29.3 Å². The van der Waals surface area contributed by atoms with Gasteiger partial charge in [0.25, 0.3) is 5.91 Å². The first-order chi connectivity index (χ1) is 11.5. The van der Waals surface area contributed by atoms with Crippen LogP contribution in [0.4, 0.5) is 0 Å². The topological polar surface area (TPSA) is 73.7 Å². The SMILES string of the molecule is CC(C)N(C(=O)C(O)C(O)c1nc2ccccc2s1)C1CCCC1. The van der Waals surface area contributed by atoms with Crippen LogP contribution in [0, 0.1) is 0 Å². The number of carbonyl (C=O) groups is 1. The van der Waals surface area contributed by atoms with Gasteiger partial charge in [0.15, 0.2) is 6.10 Å². The number of aliphatic hydroxyl groups is 2. The van der Waals surface area contributed by atoms with Gasteiger partial charge in [-0.25, -0.2) is 4.98 Å². The van der Waals surface area contributed by atoms with E-state index in [2.05, 4.69) is 4.98 Å². The van der Waals surface area contributed by atoms with Gasteiger partial charge in [-0.3, -0.25) is 4.79 Å². The van der Waals surface area contributed by atoms with Gasteiger partial charge in [0, 0.05) is 12.1 Å². The normalized spacial score (nSPS) is 18.2. The van der Waals surface area contributed by atoms with E-state index in [1.165, 1.54) is 11.3 Å². The highest BCUT2D eigenvalue weighted by Crippen LogP contribution is 2.31. The summed E-state index contributed by atoms with van der Waals surface area (Å²) in [4.78, 5) is 18.9. The molecule has 1 amide bonds. The minimum absolute atomic E-state index is 0.00202. The van der Waals surface area contributed by atoms with Gasteiger partial charge in [0.2, 0.25) is 0 Å². The molecule has 2 atom stereocenters. The Morgan fingerprint density at radius 1 is 1.25 bits per heavy atom. The lowest BCUT2D eigenvalue weighted by molar-refractivity contribution is -0.151. The van der Waals surface area contributed by atoms with Crippen molar-refractivity contribution in [3.8, 4) is 0 Å². The third-order valence-corrected chi connectivity index (χ3v) is 5.75. The van der Waals surface area contributed by atoms with Crippen molar-refractivity contribution in [2.45, 2.75) is 63.8 Å². The monoisotopic (exact) mass is 348 g/mol. The Bertz CT molecular complexity index is 676. The smallest absolute Gasteiger partial charge is 0.255 e. The first-order valence-corrected chi connectivity index (χ1v) is 9.34. The number of carbonyl (C=O) groups excluding carboxylic acids is 1. The van der Waals surface area contributed by atoms with E-state index in [0.717, 1.165) is 35.9 Å². The third kappa shape index (κ3) is 3.31. The van der Waals surface area contributed by atoms with Crippen LogP contribution in [0.25, 0.3) is 10.2 Å². The molecule has 2 unspecified atom stereocenters. The van der Waals surface area contributed by atoms with E-state index in [9.17, 15) is 15.0 Å². The molecule has 1 fully saturated rings. The number of amides is 1. The van der Waals surface area contributed by atoms with Crippen LogP contribution < -0.4 is 0 Å². The highest BCUT2D eigenvalue weighted by atomic mass is 32.1. The molecule has 3 rings (SSSR count). The van der Waals surface area contributed by atoms with E-state index in [1.807, 2.05) is 38.1 Å². The van der Waals surface area contributed by atoms with Gasteiger partial charge in [0.1, 0.15) is 11.1 Å². The Morgan fingerprint density at radius 3 is 2.54 bits per heavy atom. The maximum Gasteiger partial charge on any atom is 0.255 e. The zero-order valence-electron chi connectivity index (χ0n) is 14.1. The number of fused-ring (bicyclic) bond motifs is 1. The number of thiazole rings is 1. The number of benzene rings is 1. The number of aliphatic hydroxyl groups excluding tert-OH is 2. The van der Waals surface area contributed by atoms with Crippen LogP contribution in [0.3, 0.4) is 0 Å². The summed E-state index contributed by atoms with van der Waals surface area (Å²) < 4.78 is 0.933. The molecule has 0 aliphatic heterocycles. The second-order valence-electron chi connectivity index (χ2n) is 6.69. The maximum absolute atomic E-state index is 12.8. The van der Waals surface area contributed by atoms with Crippen LogP contribution in [0.2, 0.25) is 0 Å². The molecule has 2 aromatic rings. The molecule has 1 heterocycles. The Balaban J connectivity index is 1.80. The molecule has 6 heteroatoms. The summed E-state index contributed by atoms with van der Waals surface area (Å²) in [5.74, 6) is -0.399. The van der Waals surface area contributed by atoms with Crippen molar-refractivity contribution in [2.24, 2.45) is 0 Å². The summed E-state index contributed by atoms with van der Waals surface area (Å²) in [6.45, 7) is 3.90. The van der Waals surface area contributed by atoms with Gasteiger partial charge in [0.05, 0.1) is 10.2 Å². The lowest BCUT2D eigenvalue weighted by Gasteiger charge is -2.35. The molecular formula is C18H24N2O3S. The summed E-state index contributed by atoms with van der Waals surface area (Å²) in [6.07, 6.45) is 1.38. The molecule has 0 radical (unpaired) electrons. The minimum atomic E-state index is -1.48. The molecule has 130 valence electrons. The molecule has 1 aromatic heterocycles. The predicted octanol–water partition coefficient (Wildman–Crippen LogP) is 2.87. The molecule has 24 heavy (non-hydrogen) atoms. The molecule has 1 aliphatic carbocycles. The van der Waals surface area contributed by atoms with Gasteiger partial charge < -0.3 is 15.1 Å². The fourth-order valence-corrected chi connectivity index (χ4v) is 4.46. The molecular weight excluding hydrogens is 324 g/mol. The zero-order valence-corrected chi connectivity index (χ0v) is 14.9. The van der Waals surface area contributed by atoms with Crippen molar-refractivity contribution >= 4 is 27.5 Å². The standard InChI is InChI=1S/C18H24N2O3S/c1-11(2)20(12-7-3-4-8-12)18(23)16(22)15(21)17-19-13-9-5-6-10-14(13)24-17/h5-6,9-12,15-16,21-22H,3-4,7-8H2,1-2H3. The minimum Gasteiger partial charge on any atom is -0.383 e. The van der Waals surface area contributed by atoms with E-state index in [0.29, 0.717) is 5.01 Å². The Hall–Kier alpha value is -1.50. The van der Waals surface area contributed by atoms with E-state index < -0.39 is 18.1 Å². The van der Waals surface area contributed by atoms with Crippen molar-refractivity contribution < 1.29 is 15.0 Å². The first-order valence-electron chi connectivity index (χ1n) is 8.53. The highest BCUT2D eigenvalue weighted by Gasteiger charge is 2.36. The van der Waals surface area contributed by atoms with E-state index >= 15 is 0 Å². The van der Waals surface area contributed by atoms with Crippen LogP contribution in [0.15, 0.2) is 24.3 Å². The Morgan fingerprint density at radius 2 is 1.92 bits per heavy atom. The van der Waals surface area contributed by atoms with Gasteiger partial charge in [-0.1, -0.05) is 25.0 Å². The summed E-state index contributed by atoms with van der Waals surface area (Å²) in [6, 6.07) is 7.71. The summed E-state index contributed by atoms with van der Waals surface area (Å²) in [5.41, 5.74) is 0.771. The molecule has 2 N–H and O–H groups in total. The van der Waals surface area contributed by atoms with Gasteiger partial charge in [-0.15, -0.1) is 11.3 Å². The van der Waals surface area contributed by atoms with Crippen LogP contribution in [-0.4, -0.2) is 44.2 Å². The average molecular weight is 348 g/mol. The molecule has 1 saturated carbocycles. The molecule has 0 saturated heterocycles. The van der Waals surface area contributed by atoms with Crippen LogP contribution >= 0.6 is 11.3 Å².